The molecule has 1 fully saturated rings. The van der Waals surface area contributed by atoms with Crippen molar-refractivity contribution >= 4 is 45.7 Å². The lowest BCUT2D eigenvalue weighted by molar-refractivity contribution is -0.139. The Morgan fingerprint density at radius 2 is 1.70 bits per heavy atom. The summed E-state index contributed by atoms with van der Waals surface area (Å²) in [6.07, 6.45) is -0.311. The van der Waals surface area contributed by atoms with E-state index in [4.69, 9.17) is 21.4 Å². The first-order valence-corrected chi connectivity index (χ1v) is 11.6. The van der Waals surface area contributed by atoms with Crippen LogP contribution >= 0.6 is 24.0 Å². The molecule has 180 valence electrons. The van der Waals surface area contributed by atoms with Crippen molar-refractivity contribution in [2.45, 2.75) is 29.4 Å². The minimum Gasteiger partial charge on any atom is -0.480 e. The normalized spacial score (nSPS) is 15.8. The number of aryl methyl sites for hydroxylation is 1. The van der Waals surface area contributed by atoms with E-state index < -0.39 is 26.5 Å². The number of carbonyl (C=O) groups is 2. The van der Waals surface area contributed by atoms with Crippen LogP contribution in [0.2, 0.25) is 5.02 Å². The van der Waals surface area contributed by atoms with Gasteiger partial charge in [-0.2, -0.15) is 0 Å². The van der Waals surface area contributed by atoms with Gasteiger partial charge in [-0.1, -0.05) is 11.6 Å². The van der Waals surface area contributed by atoms with Crippen molar-refractivity contribution in [3.8, 4) is 11.5 Å². The summed E-state index contributed by atoms with van der Waals surface area (Å²) in [5.74, 6) is -1.16. The summed E-state index contributed by atoms with van der Waals surface area (Å²) in [5.41, 5.74) is 2.30. The van der Waals surface area contributed by atoms with E-state index in [0.29, 0.717) is 16.5 Å². The molecule has 1 aliphatic heterocycles. The number of rotatable bonds is 7. The van der Waals surface area contributed by atoms with E-state index >= 15 is 0 Å². The Hall–Kier alpha value is -2.37. The highest BCUT2D eigenvalue weighted by molar-refractivity contribution is 7.93. The van der Waals surface area contributed by atoms with E-state index in [1.807, 2.05) is 6.92 Å². The maximum atomic E-state index is 13.4. The summed E-state index contributed by atoms with van der Waals surface area (Å²) in [5, 5.41) is 18.8. The Morgan fingerprint density at radius 3 is 2.21 bits per heavy atom. The molecule has 9 nitrogen and oxygen atoms in total. The van der Waals surface area contributed by atoms with Crippen LogP contribution in [0.4, 0.5) is 0 Å². The summed E-state index contributed by atoms with van der Waals surface area (Å²) >= 11 is 6.01. The molecule has 3 rings (SSSR count). The largest absolute Gasteiger partial charge is 0.480 e. The van der Waals surface area contributed by atoms with E-state index in [9.17, 15) is 23.2 Å². The van der Waals surface area contributed by atoms with Crippen LogP contribution in [0, 0.1) is 6.92 Å². The third-order valence-corrected chi connectivity index (χ3v) is 8.49. The van der Waals surface area contributed by atoms with Gasteiger partial charge in [0.25, 0.3) is 5.91 Å². The number of halogens is 2. The van der Waals surface area contributed by atoms with Crippen molar-refractivity contribution in [3.05, 3.63) is 53.1 Å². The maximum Gasteiger partial charge on any atom is 0.317 e. The van der Waals surface area contributed by atoms with Crippen molar-refractivity contribution < 1.29 is 33.1 Å². The van der Waals surface area contributed by atoms with Crippen molar-refractivity contribution in [1.82, 2.24) is 10.4 Å². The van der Waals surface area contributed by atoms with Crippen molar-refractivity contribution in [2.75, 3.05) is 19.6 Å². The van der Waals surface area contributed by atoms with Gasteiger partial charge < -0.3 is 9.84 Å². The van der Waals surface area contributed by atoms with Gasteiger partial charge in [0.2, 0.25) is 0 Å². The lowest BCUT2D eigenvalue weighted by atomic mass is 9.95. The molecule has 0 radical (unpaired) electrons. The van der Waals surface area contributed by atoms with E-state index in [-0.39, 0.29) is 49.8 Å². The topological polar surface area (TPSA) is 133 Å². The Kier molecular flexibility index (Phi) is 8.72. The molecule has 0 saturated carbocycles. The second kappa shape index (κ2) is 10.7. The number of carboxylic acid groups (broad SMARTS) is 1. The fourth-order valence-electron chi connectivity index (χ4n) is 3.71. The standard InChI is InChI=1S/C21H23ClN2O7S.ClH/c1-14-12-16(4-7-18(14)22)31-15-2-5-17(6-3-15)32(29,30)21(20(27)23-28)8-10-24(11-9-21)13-19(25)26;/h2-7,12,28H,8-11,13H2,1H3,(H,23,27)(H,25,26);1H. The zero-order chi connectivity index (χ0) is 23.5. The van der Waals surface area contributed by atoms with Gasteiger partial charge in [0.15, 0.2) is 14.6 Å². The fraction of sp³-hybridized carbons (Fsp3) is 0.333. The number of hydrogen-bond donors (Lipinski definition) is 3. The molecule has 33 heavy (non-hydrogen) atoms. The molecule has 1 heterocycles. The number of nitrogens with zero attached hydrogens (tertiary/aromatic N) is 1. The van der Waals surface area contributed by atoms with Gasteiger partial charge >= 0.3 is 5.97 Å². The van der Waals surface area contributed by atoms with Gasteiger partial charge in [0.1, 0.15) is 11.5 Å². The van der Waals surface area contributed by atoms with Crippen LogP contribution < -0.4 is 10.2 Å². The molecule has 0 spiro atoms. The molecule has 0 bridgehead atoms. The molecule has 2 aromatic carbocycles. The summed E-state index contributed by atoms with van der Waals surface area (Å²) in [6.45, 7) is 1.73. The number of carboxylic acids is 1. The summed E-state index contributed by atoms with van der Waals surface area (Å²) in [7, 11) is -4.21. The summed E-state index contributed by atoms with van der Waals surface area (Å²) in [4.78, 5) is 24.9. The molecule has 12 heteroatoms. The van der Waals surface area contributed by atoms with Crippen LogP contribution in [0.1, 0.15) is 18.4 Å². The van der Waals surface area contributed by atoms with Gasteiger partial charge in [-0.15, -0.1) is 12.4 Å². The highest BCUT2D eigenvalue weighted by Crippen LogP contribution is 2.37. The second-order valence-electron chi connectivity index (χ2n) is 7.59. The minimum absolute atomic E-state index is 0. The van der Waals surface area contributed by atoms with Gasteiger partial charge in [0.05, 0.1) is 11.4 Å². The Labute approximate surface area is 202 Å². The summed E-state index contributed by atoms with van der Waals surface area (Å²) in [6, 6.07) is 10.7. The van der Waals surface area contributed by atoms with Crippen molar-refractivity contribution in [1.29, 1.82) is 0 Å². The Bertz CT molecular complexity index is 1120. The average molecular weight is 519 g/mol. The Balaban J connectivity index is 0.00000385. The first-order chi connectivity index (χ1) is 15.1. The van der Waals surface area contributed by atoms with Crippen LogP contribution in [0.15, 0.2) is 47.4 Å². The zero-order valence-corrected chi connectivity index (χ0v) is 20.0. The monoisotopic (exact) mass is 518 g/mol. The predicted molar refractivity (Wildman–Crippen MR) is 123 cm³/mol. The maximum absolute atomic E-state index is 13.4. The molecule has 0 aromatic heterocycles. The SMILES string of the molecule is Cc1cc(Oc2ccc(S(=O)(=O)C3(C(=O)NO)CCN(CC(=O)O)CC3)cc2)ccc1Cl.Cl. The van der Waals surface area contributed by atoms with Gasteiger partial charge in [-0.3, -0.25) is 19.7 Å². The van der Waals surface area contributed by atoms with Crippen LogP contribution in [0.3, 0.4) is 0 Å². The van der Waals surface area contributed by atoms with E-state index in [0.717, 1.165) is 5.56 Å². The Morgan fingerprint density at radius 1 is 1.12 bits per heavy atom. The molecule has 0 atom stereocenters. The number of hydrogen-bond acceptors (Lipinski definition) is 7. The second-order valence-corrected chi connectivity index (χ2v) is 10.3. The molecule has 3 N–H and O–H groups in total. The van der Waals surface area contributed by atoms with Crippen LogP contribution in [-0.2, 0) is 19.4 Å². The molecule has 0 unspecified atom stereocenters. The number of nitrogens with one attached hydrogen (secondary N) is 1. The van der Waals surface area contributed by atoms with E-state index in [2.05, 4.69) is 0 Å². The number of ether oxygens (including phenoxy) is 1. The summed E-state index contributed by atoms with van der Waals surface area (Å²) < 4.78 is 30.7. The number of carbonyl (C=O) groups excluding carboxylic acids is 1. The smallest absolute Gasteiger partial charge is 0.317 e. The molecular formula is C21H24Cl2N2O7S. The lowest BCUT2D eigenvalue weighted by Crippen LogP contribution is -2.58. The third kappa shape index (κ3) is 5.59. The van der Waals surface area contributed by atoms with Crippen molar-refractivity contribution in [3.63, 3.8) is 0 Å². The quantitative estimate of drug-likeness (QED) is 0.376. The first kappa shape index (κ1) is 26.9. The molecule has 1 saturated heterocycles. The van der Waals surface area contributed by atoms with Crippen LogP contribution in [-0.4, -0.2) is 59.9 Å². The third-order valence-electron chi connectivity index (χ3n) is 5.55. The predicted octanol–water partition coefficient (Wildman–Crippen LogP) is 3.06. The molecule has 0 aliphatic carbocycles. The number of likely N-dealkylation sites (tertiary alicyclic amines) is 1. The van der Waals surface area contributed by atoms with Crippen molar-refractivity contribution in [2.24, 2.45) is 0 Å². The van der Waals surface area contributed by atoms with E-state index in [1.54, 1.807) is 23.1 Å². The number of sulfone groups is 1. The van der Waals surface area contributed by atoms with Crippen LogP contribution in [0.5, 0.6) is 11.5 Å². The van der Waals surface area contributed by atoms with Gasteiger partial charge in [-0.05, 0) is 67.8 Å². The minimum atomic E-state index is -4.21. The first-order valence-electron chi connectivity index (χ1n) is 9.76. The lowest BCUT2D eigenvalue weighted by Gasteiger charge is -2.38. The molecular weight excluding hydrogens is 495 g/mol. The number of benzene rings is 2. The highest BCUT2D eigenvalue weighted by Gasteiger charge is 2.53. The number of piperidine rings is 1. The van der Waals surface area contributed by atoms with Gasteiger partial charge in [0, 0.05) is 18.1 Å². The number of hydroxylamine groups is 1. The fourth-order valence-corrected chi connectivity index (χ4v) is 5.79. The van der Waals surface area contributed by atoms with Gasteiger partial charge in [-0.25, -0.2) is 13.9 Å². The van der Waals surface area contributed by atoms with E-state index in [1.165, 1.54) is 29.7 Å². The number of amides is 1. The number of aliphatic carboxylic acids is 1. The van der Waals surface area contributed by atoms with Crippen LogP contribution in [0.25, 0.3) is 0 Å². The highest BCUT2D eigenvalue weighted by atomic mass is 35.5. The molecule has 1 aliphatic rings. The average Bonchev–Trinajstić information content (AvgIpc) is 2.76. The molecule has 2 aromatic rings. The zero-order valence-electron chi connectivity index (χ0n) is 17.7. The molecule has 1 amide bonds.